The van der Waals surface area contributed by atoms with E-state index in [1.165, 1.54) is 11.1 Å². The van der Waals surface area contributed by atoms with Gasteiger partial charge in [-0.3, -0.25) is 4.79 Å². The summed E-state index contributed by atoms with van der Waals surface area (Å²) in [7, 11) is 1.71. The number of carboxylic acid groups (broad SMARTS) is 1. The highest BCUT2D eigenvalue weighted by Gasteiger charge is 2.45. The van der Waals surface area contributed by atoms with Gasteiger partial charge in [0.15, 0.2) is 0 Å². The van der Waals surface area contributed by atoms with E-state index in [2.05, 4.69) is 18.3 Å². The van der Waals surface area contributed by atoms with Crippen LogP contribution in [0.3, 0.4) is 0 Å². The van der Waals surface area contributed by atoms with E-state index in [1.807, 2.05) is 19.9 Å². The van der Waals surface area contributed by atoms with Gasteiger partial charge >= 0.3 is 5.97 Å². The monoisotopic (exact) mass is 277 g/mol. The summed E-state index contributed by atoms with van der Waals surface area (Å²) in [6.45, 7) is 6.16. The van der Waals surface area contributed by atoms with Crippen molar-refractivity contribution >= 4 is 5.97 Å². The predicted molar refractivity (Wildman–Crippen MR) is 78.3 cm³/mol. The smallest absolute Gasteiger partial charge is 0.324 e. The number of aliphatic carboxylic acids is 1. The standard InChI is InChI=1S/C16H23NO3/c1-10-7-11(2)12(3)14(8-10)20-13-5-6-16(9-13,17-4)15(18)19/h7-8,13,17H,5-6,9H2,1-4H3,(H,18,19). The summed E-state index contributed by atoms with van der Waals surface area (Å²) in [5, 5.41) is 12.3. The van der Waals surface area contributed by atoms with Crippen LogP contribution in [-0.2, 0) is 4.79 Å². The fraction of sp³-hybridized carbons (Fsp3) is 0.562. The molecule has 4 heteroatoms. The van der Waals surface area contributed by atoms with Gasteiger partial charge in [-0.1, -0.05) is 6.07 Å². The molecule has 2 N–H and O–H groups in total. The van der Waals surface area contributed by atoms with Gasteiger partial charge in [0.05, 0.1) is 0 Å². The molecule has 2 unspecified atom stereocenters. The molecule has 0 radical (unpaired) electrons. The largest absolute Gasteiger partial charge is 0.490 e. The van der Waals surface area contributed by atoms with E-state index in [0.717, 1.165) is 17.7 Å². The van der Waals surface area contributed by atoms with Gasteiger partial charge in [-0.05, 0) is 63.4 Å². The molecule has 1 aromatic carbocycles. The van der Waals surface area contributed by atoms with Crippen molar-refractivity contribution in [2.45, 2.75) is 51.7 Å². The molecule has 1 fully saturated rings. The Bertz CT molecular complexity index is 527. The van der Waals surface area contributed by atoms with Crippen molar-refractivity contribution < 1.29 is 14.6 Å². The Morgan fingerprint density at radius 2 is 2.10 bits per heavy atom. The van der Waals surface area contributed by atoms with Gasteiger partial charge in [0, 0.05) is 6.42 Å². The van der Waals surface area contributed by atoms with E-state index < -0.39 is 11.5 Å². The lowest BCUT2D eigenvalue weighted by atomic mass is 9.98. The Hall–Kier alpha value is -1.55. The SMILES string of the molecule is CNC1(C(=O)O)CCC(Oc2cc(C)cc(C)c2C)C1. The summed E-state index contributed by atoms with van der Waals surface area (Å²) in [5.41, 5.74) is 2.67. The maximum Gasteiger partial charge on any atom is 0.324 e. The van der Waals surface area contributed by atoms with Crippen LogP contribution >= 0.6 is 0 Å². The number of ether oxygens (including phenoxy) is 1. The summed E-state index contributed by atoms with van der Waals surface area (Å²) in [5.74, 6) is 0.0908. The molecule has 2 rings (SSSR count). The first-order valence-electron chi connectivity index (χ1n) is 7.05. The second-order valence-corrected chi connectivity index (χ2v) is 5.82. The number of carboxylic acids is 1. The highest BCUT2D eigenvalue weighted by molar-refractivity contribution is 5.79. The fourth-order valence-corrected chi connectivity index (χ4v) is 2.93. The van der Waals surface area contributed by atoms with Crippen LogP contribution in [0, 0.1) is 20.8 Å². The summed E-state index contributed by atoms with van der Waals surface area (Å²) in [6.07, 6.45) is 1.83. The first kappa shape index (κ1) is 14.9. The molecule has 0 aliphatic heterocycles. The van der Waals surface area contributed by atoms with Crippen LogP contribution in [0.15, 0.2) is 12.1 Å². The highest BCUT2D eigenvalue weighted by atomic mass is 16.5. The van der Waals surface area contributed by atoms with Crippen molar-refractivity contribution in [3.05, 3.63) is 28.8 Å². The average molecular weight is 277 g/mol. The van der Waals surface area contributed by atoms with Crippen molar-refractivity contribution in [1.29, 1.82) is 0 Å². The maximum atomic E-state index is 11.4. The minimum Gasteiger partial charge on any atom is -0.490 e. The third-order valence-electron chi connectivity index (χ3n) is 4.41. The van der Waals surface area contributed by atoms with Gasteiger partial charge in [0.25, 0.3) is 0 Å². The zero-order valence-electron chi connectivity index (χ0n) is 12.6. The Kier molecular flexibility index (Phi) is 4.04. The summed E-state index contributed by atoms with van der Waals surface area (Å²) in [4.78, 5) is 11.4. The Morgan fingerprint density at radius 3 is 2.65 bits per heavy atom. The van der Waals surface area contributed by atoms with Crippen LogP contribution < -0.4 is 10.1 Å². The van der Waals surface area contributed by atoms with Crippen LogP contribution in [-0.4, -0.2) is 29.8 Å². The Labute approximate surface area is 120 Å². The first-order chi connectivity index (χ1) is 9.38. The number of benzene rings is 1. The van der Waals surface area contributed by atoms with Crippen molar-refractivity contribution in [3.8, 4) is 5.75 Å². The number of hydrogen-bond donors (Lipinski definition) is 2. The van der Waals surface area contributed by atoms with Gasteiger partial charge < -0.3 is 15.2 Å². The minimum atomic E-state index is -0.836. The fourth-order valence-electron chi connectivity index (χ4n) is 2.93. The first-order valence-corrected chi connectivity index (χ1v) is 7.05. The van der Waals surface area contributed by atoms with Crippen LogP contribution in [0.4, 0.5) is 0 Å². The zero-order valence-corrected chi connectivity index (χ0v) is 12.6. The molecule has 2 atom stereocenters. The Balaban J connectivity index is 2.15. The molecule has 0 spiro atoms. The van der Waals surface area contributed by atoms with E-state index in [9.17, 15) is 9.90 Å². The van der Waals surface area contributed by atoms with E-state index in [4.69, 9.17) is 4.74 Å². The topological polar surface area (TPSA) is 58.6 Å². The van der Waals surface area contributed by atoms with Gasteiger partial charge in [-0.15, -0.1) is 0 Å². The minimum absolute atomic E-state index is 0.0431. The predicted octanol–water partition coefficient (Wildman–Crippen LogP) is 2.59. The lowest BCUT2D eigenvalue weighted by Crippen LogP contribution is -2.48. The van der Waals surface area contributed by atoms with Crippen LogP contribution in [0.25, 0.3) is 0 Å². The summed E-state index contributed by atoms with van der Waals surface area (Å²) >= 11 is 0. The number of likely N-dealkylation sites (N-methyl/N-ethyl adjacent to an activating group) is 1. The normalized spacial score (nSPS) is 25.7. The molecule has 1 aliphatic rings. The third-order valence-corrected chi connectivity index (χ3v) is 4.41. The van der Waals surface area contributed by atoms with Crippen molar-refractivity contribution in [2.75, 3.05) is 7.05 Å². The number of rotatable bonds is 4. The summed E-state index contributed by atoms with van der Waals surface area (Å²) in [6, 6.07) is 4.16. The number of aryl methyl sites for hydroxylation is 2. The zero-order chi connectivity index (χ0) is 14.9. The van der Waals surface area contributed by atoms with Crippen molar-refractivity contribution in [1.82, 2.24) is 5.32 Å². The number of carbonyl (C=O) groups is 1. The van der Waals surface area contributed by atoms with Crippen LogP contribution in [0.1, 0.15) is 36.0 Å². The molecule has 1 aromatic rings. The molecule has 0 aromatic heterocycles. The van der Waals surface area contributed by atoms with Gasteiger partial charge in [-0.25, -0.2) is 0 Å². The van der Waals surface area contributed by atoms with E-state index in [1.54, 1.807) is 7.05 Å². The number of hydrogen-bond acceptors (Lipinski definition) is 3. The van der Waals surface area contributed by atoms with E-state index in [-0.39, 0.29) is 6.10 Å². The van der Waals surface area contributed by atoms with Crippen molar-refractivity contribution in [2.24, 2.45) is 0 Å². The second-order valence-electron chi connectivity index (χ2n) is 5.82. The summed E-state index contributed by atoms with van der Waals surface area (Å²) < 4.78 is 6.07. The molecule has 1 aliphatic carbocycles. The Morgan fingerprint density at radius 1 is 1.40 bits per heavy atom. The van der Waals surface area contributed by atoms with Gasteiger partial charge in [-0.2, -0.15) is 0 Å². The van der Waals surface area contributed by atoms with Crippen LogP contribution in [0.5, 0.6) is 5.75 Å². The molecular formula is C16H23NO3. The van der Waals surface area contributed by atoms with E-state index in [0.29, 0.717) is 12.8 Å². The quantitative estimate of drug-likeness (QED) is 0.888. The molecule has 0 saturated heterocycles. The lowest BCUT2D eigenvalue weighted by molar-refractivity contribution is -0.144. The number of nitrogens with one attached hydrogen (secondary N) is 1. The molecule has 110 valence electrons. The molecule has 0 amide bonds. The van der Waals surface area contributed by atoms with E-state index >= 15 is 0 Å². The molecular weight excluding hydrogens is 254 g/mol. The molecule has 0 bridgehead atoms. The second kappa shape index (κ2) is 5.44. The molecule has 4 nitrogen and oxygen atoms in total. The molecule has 1 saturated carbocycles. The van der Waals surface area contributed by atoms with Gasteiger partial charge in [0.2, 0.25) is 0 Å². The lowest BCUT2D eigenvalue weighted by Gasteiger charge is -2.24. The average Bonchev–Trinajstić information content (AvgIpc) is 2.80. The molecule has 20 heavy (non-hydrogen) atoms. The highest BCUT2D eigenvalue weighted by Crippen LogP contribution is 2.34. The van der Waals surface area contributed by atoms with Gasteiger partial charge in [0.1, 0.15) is 17.4 Å². The third kappa shape index (κ3) is 2.66. The maximum absolute atomic E-state index is 11.4. The van der Waals surface area contributed by atoms with Crippen molar-refractivity contribution in [3.63, 3.8) is 0 Å². The van der Waals surface area contributed by atoms with Crippen LogP contribution in [0.2, 0.25) is 0 Å². The molecule has 0 heterocycles.